The van der Waals surface area contributed by atoms with Gasteiger partial charge in [-0.2, -0.15) is 5.10 Å². The Bertz CT molecular complexity index is 920. The Morgan fingerprint density at radius 2 is 1.96 bits per heavy atom. The van der Waals surface area contributed by atoms with Crippen molar-refractivity contribution in [2.75, 3.05) is 6.61 Å². The van der Waals surface area contributed by atoms with E-state index in [9.17, 15) is 4.39 Å². The summed E-state index contributed by atoms with van der Waals surface area (Å²) in [6.07, 6.45) is 2.34. The highest BCUT2D eigenvalue weighted by atomic mass is 19.1. The number of benzene rings is 1. The van der Waals surface area contributed by atoms with Gasteiger partial charge in [-0.05, 0) is 51.0 Å². The molecule has 0 unspecified atom stereocenters. The minimum absolute atomic E-state index is 0.117. The lowest BCUT2D eigenvalue weighted by Crippen LogP contribution is -2.04. The van der Waals surface area contributed by atoms with Crippen molar-refractivity contribution in [2.45, 2.75) is 32.6 Å². The normalized spacial score (nSPS) is 13.7. The predicted octanol–water partition coefficient (Wildman–Crippen LogP) is 4.18. The van der Waals surface area contributed by atoms with Crippen LogP contribution >= 0.6 is 0 Å². The Morgan fingerprint density at radius 3 is 2.62 bits per heavy atom. The number of aromatic nitrogens is 4. The van der Waals surface area contributed by atoms with Gasteiger partial charge in [0.2, 0.25) is 5.75 Å². The summed E-state index contributed by atoms with van der Waals surface area (Å²) < 4.78 is 26.9. The smallest absolute Gasteiger partial charge is 0.277 e. The Morgan fingerprint density at radius 1 is 1.15 bits per heavy atom. The van der Waals surface area contributed by atoms with E-state index in [1.807, 2.05) is 26.0 Å². The molecular weight excluding hydrogens is 335 g/mol. The third-order valence-corrected chi connectivity index (χ3v) is 4.24. The molecule has 7 heteroatoms. The topological polar surface area (TPSA) is 62.1 Å². The quantitative estimate of drug-likeness (QED) is 0.664. The molecule has 134 valence electrons. The van der Waals surface area contributed by atoms with Crippen LogP contribution in [-0.4, -0.2) is 26.6 Å². The molecular formula is C19H19FN4O2. The fraction of sp³-hybridized carbons (Fsp3) is 0.316. The molecule has 0 radical (unpaired) electrons. The summed E-state index contributed by atoms with van der Waals surface area (Å²) in [5.74, 6) is 1.43. The summed E-state index contributed by atoms with van der Waals surface area (Å²) in [4.78, 5) is 0. The lowest BCUT2D eigenvalue weighted by molar-refractivity contribution is 0.306. The van der Waals surface area contributed by atoms with Gasteiger partial charge in [-0.1, -0.05) is 12.1 Å². The van der Waals surface area contributed by atoms with Gasteiger partial charge in [0.15, 0.2) is 17.4 Å². The van der Waals surface area contributed by atoms with Gasteiger partial charge < -0.3 is 9.47 Å². The van der Waals surface area contributed by atoms with E-state index in [0.29, 0.717) is 35.7 Å². The molecule has 0 amide bonds. The van der Waals surface area contributed by atoms with Crippen LogP contribution in [0.3, 0.4) is 0 Å². The number of hydrogen-bond donors (Lipinski definition) is 0. The second-order valence-electron chi connectivity index (χ2n) is 6.19. The van der Waals surface area contributed by atoms with Crippen molar-refractivity contribution < 1.29 is 13.9 Å². The van der Waals surface area contributed by atoms with Crippen molar-refractivity contribution >= 4 is 0 Å². The first kappa shape index (κ1) is 16.5. The zero-order valence-electron chi connectivity index (χ0n) is 14.6. The van der Waals surface area contributed by atoms with Gasteiger partial charge in [-0.25, -0.2) is 9.07 Å². The van der Waals surface area contributed by atoms with Gasteiger partial charge in [0.1, 0.15) is 0 Å². The standard InChI is InChI=1S/C19H19FN4O2/c1-3-25-19-18(26-16-7-5-4-6-14(16)20)12(2)24(23-19)17-11-10-15(21-22-17)13-8-9-13/h4-7,10-11,13H,3,8-9H2,1-2H3. The van der Waals surface area contributed by atoms with Gasteiger partial charge in [0, 0.05) is 5.92 Å². The molecule has 1 aliphatic carbocycles. The van der Waals surface area contributed by atoms with Gasteiger partial charge in [0.05, 0.1) is 18.0 Å². The SMILES string of the molecule is CCOc1nn(-c2ccc(C3CC3)nn2)c(C)c1Oc1ccccc1F. The average molecular weight is 354 g/mol. The summed E-state index contributed by atoms with van der Waals surface area (Å²) in [6.45, 7) is 4.09. The van der Waals surface area contributed by atoms with Gasteiger partial charge in [-0.15, -0.1) is 10.2 Å². The van der Waals surface area contributed by atoms with Crippen molar-refractivity contribution in [1.82, 2.24) is 20.0 Å². The first-order chi connectivity index (χ1) is 12.7. The van der Waals surface area contributed by atoms with Crippen molar-refractivity contribution in [3.63, 3.8) is 0 Å². The predicted molar refractivity (Wildman–Crippen MR) is 93.5 cm³/mol. The highest BCUT2D eigenvalue weighted by Crippen LogP contribution is 2.39. The van der Waals surface area contributed by atoms with Crippen LogP contribution in [0.25, 0.3) is 5.82 Å². The molecule has 1 aromatic carbocycles. The van der Waals surface area contributed by atoms with E-state index in [0.717, 1.165) is 5.69 Å². The molecule has 2 heterocycles. The molecule has 2 aromatic heterocycles. The molecule has 1 aliphatic rings. The number of halogens is 1. The number of hydrogen-bond acceptors (Lipinski definition) is 5. The maximum atomic E-state index is 14.0. The van der Waals surface area contributed by atoms with Crippen LogP contribution in [0.4, 0.5) is 4.39 Å². The van der Waals surface area contributed by atoms with Crippen LogP contribution in [-0.2, 0) is 0 Å². The summed E-state index contributed by atoms with van der Waals surface area (Å²) in [7, 11) is 0. The zero-order valence-corrected chi connectivity index (χ0v) is 14.6. The lowest BCUT2D eigenvalue weighted by atomic mass is 10.3. The van der Waals surface area contributed by atoms with E-state index in [1.54, 1.807) is 22.9 Å². The van der Waals surface area contributed by atoms with E-state index in [4.69, 9.17) is 9.47 Å². The van der Waals surface area contributed by atoms with E-state index in [1.165, 1.54) is 18.9 Å². The minimum atomic E-state index is -0.448. The van der Waals surface area contributed by atoms with E-state index < -0.39 is 5.82 Å². The van der Waals surface area contributed by atoms with Gasteiger partial charge in [-0.3, -0.25) is 0 Å². The van der Waals surface area contributed by atoms with Crippen LogP contribution in [0.1, 0.15) is 37.1 Å². The second-order valence-corrected chi connectivity index (χ2v) is 6.19. The van der Waals surface area contributed by atoms with E-state index in [2.05, 4.69) is 15.3 Å². The van der Waals surface area contributed by atoms with E-state index >= 15 is 0 Å². The molecule has 26 heavy (non-hydrogen) atoms. The monoisotopic (exact) mass is 354 g/mol. The molecule has 3 aromatic rings. The Kier molecular flexibility index (Phi) is 4.28. The molecule has 0 saturated heterocycles. The molecule has 0 bridgehead atoms. The van der Waals surface area contributed by atoms with Crippen LogP contribution in [0.2, 0.25) is 0 Å². The molecule has 0 spiro atoms. The average Bonchev–Trinajstić information content (AvgIpc) is 3.45. The summed E-state index contributed by atoms with van der Waals surface area (Å²) in [6, 6.07) is 10.1. The Balaban J connectivity index is 1.70. The number of para-hydroxylation sites is 1. The van der Waals surface area contributed by atoms with Crippen molar-refractivity contribution in [3.8, 4) is 23.2 Å². The third kappa shape index (κ3) is 3.12. The highest BCUT2D eigenvalue weighted by Gasteiger charge is 2.26. The fourth-order valence-electron chi connectivity index (χ4n) is 2.72. The van der Waals surface area contributed by atoms with Gasteiger partial charge >= 0.3 is 0 Å². The minimum Gasteiger partial charge on any atom is -0.474 e. The maximum absolute atomic E-state index is 14.0. The summed E-state index contributed by atoms with van der Waals surface area (Å²) in [5.41, 5.74) is 1.66. The zero-order chi connectivity index (χ0) is 18.1. The molecule has 0 aliphatic heterocycles. The fourth-order valence-corrected chi connectivity index (χ4v) is 2.72. The molecule has 0 atom stereocenters. The molecule has 0 N–H and O–H groups in total. The molecule has 1 saturated carbocycles. The first-order valence-electron chi connectivity index (χ1n) is 8.66. The van der Waals surface area contributed by atoms with Crippen molar-refractivity contribution in [1.29, 1.82) is 0 Å². The first-order valence-corrected chi connectivity index (χ1v) is 8.66. The summed E-state index contributed by atoms with van der Waals surface area (Å²) >= 11 is 0. The molecule has 4 rings (SSSR count). The van der Waals surface area contributed by atoms with Crippen molar-refractivity contribution in [2.24, 2.45) is 0 Å². The van der Waals surface area contributed by atoms with Crippen LogP contribution in [0.5, 0.6) is 17.4 Å². The highest BCUT2D eigenvalue weighted by molar-refractivity contribution is 5.45. The maximum Gasteiger partial charge on any atom is 0.277 e. The second kappa shape index (κ2) is 6.74. The number of rotatable bonds is 6. The molecule has 6 nitrogen and oxygen atoms in total. The van der Waals surface area contributed by atoms with Crippen LogP contribution in [0, 0.1) is 12.7 Å². The van der Waals surface area contributed by atoms with Gasteiger partial charge in [0.25, 0.3) is 5.88 Å². The number of ether oxygens (including phenoxy) is 2. The molecule has 1 fully saturated rings. The summed E-state index contributed by atoms with van der Waals surface area (Å²) in [5, 5.41) is 13.0. The third-order valence-electron chi connectivity index (χ3n) is 4.24. The Labute approximate surface area is 150 Å². The van der Waals surface area contributed by atoms with Crippen LogP contribution < -0.4 is 9.47 Å². The van der Waals surface area contributed by atoms with E-state index in [-0.39, 0.29) is 5.75 Å². The van der Waals surface area contributed by atoms with Crippen LogP contribution in [0.15, 0.2) is 36.4 Å². The Hall–Kier alpha value is -2.96. The number of nitrogens with zero attached hydrogens (tertiary/aromatic N) is 4. The largest absolute Gasteiger partial charge is 0.474 e. The lowest BCUT2D eigenvalue weighted by Gasteiger charge is -2.08. The van der Waals surface area contributed by atoms with Crippen molar-refractivity contribution in [3.05, 3.63) is 53.6 Å².